The second-order valence-electron chi connectivity index (χ2n) is 5.41. The zero-order valence-electron chi connectivity index (χ0n) is 13.9. The summed E-state index contributed by atoms with van der Waals surface area (Å²) in [6.07, 6.45) is 0. The Bertz CT molecular complexity index is 890. The fourth-order valence-electron chi connectivity index (χ4n) is 2.47. The van der Waals surface area contributed by atoms with Crippen molar-refractivity contribution in [1.29, 1.82) is 0 Å². The summed E-state index contributed by atoms with van der Waals surface area (Å²) in [5.74, 6) is 0.463. The van der Waals surface area contributed by atoms with Crippen molar-refractivity contribution in [3.63, 3.8) is 0 Å². The normalized spacial score (nSPS) is 10.5. The first-order valence-corrected chi connectivity index (χ1v) is 8.48. The third kappa shape index (κ3) is 3.71. The Morgan fingerprint density at radius 2 is 1.92 bits per heavy atom. The monoisotopic (exact) mass is 400 g/mol. The molecule has 0 fully saturated rings. The van der Waals surface area contributed by atoms with Gasteiger partial charge in [0.2, 0.25) is 0 Å². The molecule has 1 amide bonds. The molecule has 6 nitrogen and oxygen atoms in total. The molecule has 0 saturated carbocycles. The lowest BCUT2D eigenvalue weighted by molar-refractivity contribution is 0.0945. The number of rotatable bonds is 5. The summed E-state index contributed by atoms with van der Waals surface area (Å²) in [5, 5.41) is 11.0. The molecule has 3 aromatic rings. The minimum atomic E-state index is -0.272. The highest BCUT2D eigenvalue weighted by atomic mass is 79.9. The number of carbonyl (C=O) groups excluding carboxylic acids is 1. The van der Waals surface area contributed by atoms with E-state index < -0.39 is 0 Å². The molecule has 0 spiro atoms. The van der Waals surface area contributed by atoms with Crippen LogP contribution >= 0.6 is 15.9 Å². The van der Waals surface area contributed by atoms with E-state index in [1.165, 1.54) is 0 Å². The van der Waals surface area contributed by atoms with Crippen LogP contribution in [0.15, 0.2) is 53.0 Å². The first-order valence-electron chi connectivity index (χ1n) is 7.68. The highest BCUT2D eigenvalue weighted by Crippen LogP contribution is 2.18. The third-order valence-corrected chi connectivity index (χ3v) is 4.34. The first kappa shape index (κ1) is 17.2. The maximum atomic E-state index is 12.5. The van der Waals surface area contributed by atoms with Gasteiger partial charge >= 0.3 is 0 Å². The fourth-order valence-corrected chi connectivity index (χ4v) is 2.74. The number of para-hydroxylation sites is 1. The molecule has 128 valence electrons. The zero-order chi connectivity index (χ0) is 17.8. The first-order chi connectivity index (χ1) is 12.1. The summed E-state index contributed by atoms with van der Waals surface area (Å²) in [6, 6.07) is 15.2. The van der Waals surface area contributed by atoms with E-state index in [4.69, 9.17) is 4.74 Å². The number of nitrogens with zero attached hydrogens (tertiary/aromatic N) is 3. The minimum absolute atomic E-state index is 0.272. The Morgan fingerprint density at radius 1 is 1.20 bits per heavy atom. The van der Waals surface area contributed by atoms with E-state index in [2.05, 4.69) is 31.6 Å². The molecule has 0 unspecified atom stereocenters. The number of amides is 1. The van der Waals surface area contributed by atoms with Crippen molar-refractivity contribution in [2.45, 2.75) is 13.5 Å². The van der Waals surface area contributed by atoms with E-state index in [0.717, 1.165) is 21.5 Å². The van der Waals surface area contributed by atoms with Gasteiger partial charge in [-0.15, -0.1) is 5.10 Å². The maximum absolute atomic E-state index is 12.5. The molecule has 0 radical (unpaired) electrons. The number of nitrogens with one attached hydrogen (secondary N) is 1. The van der Waals surface area contributed by atoms with Crippen LogP contribution in [0.5, 0.6) is 5.75 Å². The summed E-state index contributed by atoms with van der Waals surface area (Å²) >= 11 is 3.40. The second kappa shape index (κ2) is 7.48. The Morgan fingerprint density at radius 3 is 2.64 bits per heavy atom. The lowest BCUT2D eigenvalue weighted by Gasteiger charge is -2.09. The predicted molar refractivity (Wildman–Crippen MR) is 98.0 cm³/mol. The molecule has 0 bridgehead atoms. The molecular formula is C18H17BrN4O2. The highest BCUT2D eigenvalue weighted by molar-refractivity contribution is 9.10. The smallest absolute Gasteiger partial charge is 0.274 e. The number of ether oxygens (including phenoxy) is 1. The average molecular weight is 401 g/mol. The Balaban J connectivity index is 1.76. The lowest BCUT2D eigenvalue weighted by atomic mass is 10.2. The third-order valence-electron chi connectivity index (χ3n) is 3.81. The van der Waals surface area contributed by atoms with Crippen LogP contribution in [0.2, 0.25) is 0 Å². The zero-order valence-corrected chi connectivity index (χ0v) is 15.4. The molecule has 25 heavy (non-hydrogen) atoms. The van der Waals surface area contributed by atoms with Crippen LogP contribution in [0, 0.1) is 6.92 Å². The van der Waals surface area contributed by atoms with Gasteiger partial charge in [0.25, 0.3) is 5.91 Å². The second-order valence-corrected chi connectivity index (χ2v) is 6.32. The van der Waals surface area contributed by atoms with Crippen LogP contribution in [0.3, 0.4) is 0 Å². The van der Waals surface area contributed by atoms with Gasteiger partial charge in [-0.1, -0.05) is 39.3 Å². The van der Waals surface area contributed by atoms with Crippen molar-refractivity contribution in [3.05, 3.63) is 70.0 Å². The topological polar surface area (TPSA) is 69.0 Å². The standard InChI is InChI=1S/C18H17BrN4O2/c1-12-17(21-22-23(12)15-9-7-14(19)8-10-15)18(24)20-11-13-5-3-4-6-16(13)25-2/h3-10H,11H2,1-2H3,(H,20,24). The lowest BCUT2D eigenvalue weighted by Crippen LogP contribution is -2.24. The van der Waals surface area contributed by atoms with Gasteiger partial charge in [-0.05, 0) is 37.3 Å². The van der Waals surface area contributed by atoms with Gasteiger partial charge in [-0.2, -0.15) is 0 Å². The SMILES string of the molecule is COc1ccccc1CNC(=O)c1nnn(-c2ccc(Br)cc2)c1C. The summed E-state index contributed by atoms with van der Waals surface area (Å²) in [6.45, 7) is 2.17. The van der Waals surface area contributed by atoms with Crippen LogP contribution in [-0.2, 0) is 6.54 Å². The molecule has 2 aromatic carbocycles. The number of hydrogen-bond donors (Lipinski definition) is 1. The molecule has 1 N–H and O–H groups in total. The molecule has 1 aromatic heterocycles. The predicted octanol–water partition coefficient (Wildman–Crippen LogP) is 3.28. The van der Waals surface area contributed by atoms with Crippen LogP contribution in [0.4, 0.5) is 0 Å². The summed E-state index contributed by atoms with van der Waals surface area (Å²) < 4.78 is 7.91. The van der Waals surface area contributed by atoms with E-state index in [1.54, 1.807) is 11.8 Å². The van der Waals surface area contributed by atoms with Gasteiger partial charge in [0, 0.05) is 16.6 Å². The Labute approximate surface area is 153 Å². The number of benzene rings is 2. The van der Waals surface area contributed by atoms with Gasteiger partial charge in [0.1, 0.15) is 5.75 Å². The van der Waals surface area contributed by atoms with Gasteiger partial charge in [0.05, 0.1) is 18.5 Å². The van der Waals surface area contributed by atoms with Gasteiger partial charge in [-0.25, -0.2) is 4.68 Å². The highest BCUT2D eigenvalue weighted by Gasteiger charge is 2.17. The van der Waals surface area contributed by atoms with Gasteiger partial charge in [0.15, 0.2) is 5.69 Å². The van der Waals surface area contributed by atoms with E-state index in [0.29, 0.717) is 17.9 Å². The van der Waals surface area contributed by atoms with Crippen molar-refractivity contribution in [1.82, 2.24) is 20.3 Å². The van der Waals surface area contributed by atoms with Crippen LogP contribution in [-0.4, -0.2) is 28.0 Å². The molecule has 0 atom stereocenters. The van der Waals surface area contributed by atoms with Crippen molar-refractivity contribution in [3.8, 4) is 11.4 Å². The average Bonchev–Trinajstić information content (AvgIpc) is 3.02. The molecule has 7 heteroatoms. The molecule has 0 saturated heterocycles. The number of hydrogen-bond acceptors (Lipinski definition) is 4. The summed E-state index contributed by atoms with van der Waals surface area (Å²) in [4.78, 5) is 12.5. The van der Waals surface area contributed by atoms with Crippen LogP contribution in [0.1, 0.15) is 21.7 Å². The fraction of sp³-hybridized carbons (Fsp3) is 0.167. The summed E-state index contributed by atoms with van der Waals surface area (Å²) in [7, 11) is 1.61. The molecule has 0 aliphatic rings. The summed E-state index contributed by atoms with van der Waals surface area (Å²) in [5.41, 5.74) is 2.73. The van der Waals surface area contributed by atoms with Crippen LogP contribution in [0.25, 0.3) is 5.69 Å². The van der Waals surface area contributed by atoms with Crippen molar-refractivity contribution in [2.75, 3.05) is 7.11 Å². The molecule has 0 aliphatic heterocycles. The van der Waals surface area contributed by atoms with Gasteiger partial charge < -0.3 is 10.1 Å². The molecule has 0 aliphatic carbocycles. The molecular weight excluding hydrogens is 384 g/mol. The minimum Gasteiger partial charge on any atom is -0.496 e. The van der Waals surface area contributed by atoms with Crippen LogP contribution < -0.4 is 10.1 Å². The van der Waals surface area contributed by atoms with E-state index >= 15 is 0 Å². The largest absolute Gasteiger partial charge is 0.496 e. The number of aromatic nitrogens is 3. The Hall–Kier alpha value is -2.67. The van der Waals surface area contributed by atoms with E-state index in [1.807, 2.05) is 55.5 Å². The van der Waals surface area contributed by atoms with E-state index in [9.17, 15) is 4.79 Å². The van der Waals surface area contributed by atoms with Crippen molar-refractivity contribution in [2.24, 2.45) is 0 Å². The molecule has 3 rings (SSSR count). The number of methoxy groups -OCH3 is 1. The molecule has 1 heterocycles. The Kier molecular flexibility index (Phi) is 5.14. The van der Waals surface area contributed by atoms with Crippen molar-refractivity contribution < 1.29 is 9.53 Å². The number of carbonyl (C=O) groups is 1. The number of halogens is 1. The van der Waals surface area contributed by atoms with E-state index in [-0.39, 0.29) is 5.91 Å². The van der Waals surface area contributed by atoms with Gasteiger partial charge in [-0.3, -0.25) is 4.79 Å². The van der Waals surface area contributed by atoms with Crippen molar-refractivity contribution >= 4 is 21.8 Å². The maximum Gasteiger partial charge on any atom is 0.274 e. The quantitative estimate of drug-likeness (QED) is 0.713.